The van der Waals surface area contributed by atoms with Crippen molar-refractivity contribution in [2.45, 2.75) is 45.2 Å². The summed E-state index contributed by atoms with van der Waals surface area (Å²) < 4.78 is 0. The molecule has 0 aromatic heterocycles. The van der Waals surface area contributed by atoms with Crippen LogP contribution < -0.4 is 5.32 Å². The monoisotopic (exact) mass is 291 g/mol. The number of hydrogen-bond donors (Lipinski definition) is 1. The Hall–Kier alpha value is -1.46. The van der Waals surface area contributed by atoms with E-state index < -0.39 is 0 Å². The zero-order chi connectivity index (χ0) is 15.1. The summed E-state index contributed by atoms with van der Waals surface area (Å²) in [7, 11) is 0. The Morgan fingerprint density at radius 2 is 2.19 bits per heavy atom. The normalized spacial score (nSPS) is 19.6. The Kier molecular flexibility index (Phi) is 6.14. The largest absolute Gasteiger partial charge is 0.315 e. The second kappa shape index (κ2) is 8.10. The van der Waals surface area contributed by atoms with E-state index in [9.17, 15) is 10.1 Å². The number of hydrogen-bond acceptors (Lipinski definition) is 4. The van der Waals surface area contributed by atoms with Gasteiger partial charge in [-0.1, -0.05) is 31.5 Å². The molecule has 0 saturated carbocycles. The fourth-order valence-corrected chi connectivity index (χ4v) is 2.99. The summed E-state index contributed by atoms with van der Waals surface area (Å²) in [5.41, 5.74) is 1.06. The number of nitrogens with one attached hydrogen (secondary N) is 1. The summed E-state index contributed by atoms with van der Waals surface area (Å²) >= 11 is 0. The van der Waals surface area contributed by atoms with Crippen molar-refractivity contribution in [2.24, 2.45) is 0 Å². The van der Waals surface area contributed by atoms with Gasteiger partial charge in [0, 0.05) is 30.8 Å². The molecule has 116 valence electrons. The number of nitro groups is 1. The molecule has 0 radical (unpaired) electrons. The van der Waals surface area contributed by atoms with E-state index in [-0.39, 0.29) is 10.6 Å². The van der Waals surface area contributed by atoms with Gasteiger partial charge in [-0.05, 0) is 32.4 Å². The zero-order valence-corrected chi connectivity index (χ0v) is 12.8. The van der Waals surface area contributed by atoms with Crippen molar-refractivity contribution >= 4 is 5.69 Å². The lowest BCUT2D eigenvalue weighted by molar-refractivity contribution is -0.385. The summed E-state index contributed by atoms with van der Waals surface area (Å²) in [5.74, 6) is 0. The summed E-state index contributed by atoms with van der Waals surface area (Å²) in [4.78, 5) is 13.3. The molecular weight excluding hydrogens is 266 g/mol. The van der Waals surface area contributed by atoms with Crippen molar-refractivity contribution in [1.82, 2.24) is 10.2 Å². The molecule has 1 saturated heterocycles. The first-order valence-corrected chi connectivity index (χ1v) is 7.89. The van der Waals surface area contributed by atoms with Crippen LogP contribution in [0, 0.1) is 10.1 Å². The van der Waals surface area contributed by atoms with E-state index in [1.54, 1.807) is 12.1 Å². The van der Waals surface area contributed by atoms with Crippen LogP contribution in [0.2, 0.25) is 0 Å². The molecule has 1 unspecified atom stereocenters. The van der Waals surface area contributed by atoms with Crippen LogP contribution in [-0.2, 0) is 6.54 Å². The number of para-hydroxylation sites is 1. The van der Waals surface area contributed by atoms with Gasteiger partial charge in [0.2, 0.25) is 0 Å². The maximum absolute atomic E-state index is 11.1. The number of piperidine rings is 1. The fourth-order valence-electron chi connectivity index (χ4n) is 2.99. The minimum absolute atomic E-state index is 0.239. The van der Waals surface area contributed by atoms with Crippen molar-refractivity contribution in [3.63, 3.8) is 0 Å². The van der Waals surface area contributed by atoms with E-state index in [0.717, 1.165) is 31.6 Å². The van der Waals surface area contributed by atoms with E-state index in [1.165, 1.54) is 19.3 Å². The van der Waals surface area contributed by atoms with Gasteiger partial charge in [0.25, 0.3) is 5.69 Å². The SMILES string of the molecule is CCCNCC1CCCCN1Cc1ccccc1[N+](=O)[O-]. The Morgan fingerprint density at radius 1 is 1.38 bits per heavy atom. The quantitative estimate of drug-likeness (QED) is 0.477. The molecule has 1 fully saturated rings. The zero-order valence-electron chi connectivity index (χ0n) is 12.8. The van der Waals surface area contributed by atoms with Crippen LogP contribution in [0.3, 0.4) is 0 Å². The lowest BCUT2D eigenvalue weighted by atomic mass is 10.0. The summed E-state index contributed by atoms with van der Waals surface area (Å²) in [6.07, 6.45) is 4.75. The molecule has 0 bridgehead atoms. The van der Waals surface area contributed by atoms with Crippen LogP contribution in [0.25, 0.3) is 0 Å². The van der Waals surface area contributed by atoms with Gasteiger partial charge in [-0.25, -0.2) is 0 Å². The molecule has 0 amide bonds. The molecule has 1 aliphatic rings. The molecule has 1 aliphatic heterocycles. The summed E-state index contributed by atoms with van der Waals surface area (Å²) in [5, 5.41) is 14.6. The lowest BCUT2D eigenvalue weighted by Crippen LogP contribution is -2.45. The van der Waals surface area contributed by atoms with Crippen molar-refractivity contribution in [3.8, 4) is 0 Å². The number of nitro benzene ring substituents is 1. The van der Waals surface area contributed by atoms with Crippen molar-refractivity contribution in [1.29, 1.82) is 0 Å². The number of rotatable bonds is 7. The van der Waals surface area contributed by atoms with Gasteiger partial charge in [-0.15, -0.1) is 0 Å². The van der Waals surface area contributed by atoms with Crippen LogP contribution in [0.1, 0.15) is 38.2 Å². The van der Waals surface area contributed by atoms with Gasteiger partial charge >= 0.3 is 0 Å². The molecule has 2 rings (SSSR count). The first kappa shape index (κ1) is 15.9. The molecule has 1 aromatic rings. The third-order valence-electron chi connectivity index (χ3n) is 4.12. The highest BCUT2D eigenvalue weighted by Gasteiger charge is 2.24. The second-order valence-electron chi connectivity index (χ2n) is 5.71. The Morgan fingerprint density at radius 3 is 2.95 bits per heavy atom. The second-order valence-corrected chi connectivity index (χ2v) is 5.71. The van der Waals surface area contributed by atoms with Crippen LogP contribution in [0.5, 0.6) is 0 Å². The molecule has 0 aliphatic carbocycles. The average molecular weight is 291 g/mol. The minimum atomic E-state index is -0.274. The highest BCUT2D eigenvalue weighted by atomic mass is 16.6. The first-order valence-electron chi connectivity index (χ1n) is 7.89. The Bertz CT molecular complexity index is 465. The van der Waals surface area contributed by atoms with Gasteiger partial charge in [0.15, 0.2) is 0 Å². The molecular formula is C16H25N3O2. The predicted octanol–water partition coefficient (Wildman–Crippen LogP) is 2.95. The smallest absolute Gasteiger partial charge is 0.273 e. The maximum Gasteiger partial charge on any atom is 0.273 e. The minimum Gasteiger partial charge on any atom is -0.315 e. The molecule has 5 nitrogen and oxygen atoms in total. The van der Waals surface area contributed by atoms with Gasteiger partial charge in [0.1, 0.15) is 0 Å². The molecule has 21 heavy (non-hydrogen) atoms. The molecule has 1 aromatic carbocycles. The predicted molar refractivity (Wildman–Crippen MR) is 84.3 cm³/mol. The summed E-state index contributed by atoms with van der Waals surface area (Å²) in [6, 6.07) is 7.59. The van der Waals surface area contributed by atoms with Crippen LogP contribution >= 0.6 is 0 Å². The van der Waals surface area contributed by atoms with Gasteiger partial charge < -0.3 is 5.32 Å². The summed E-state index contributed by atoms with van der Waals surface area (Å²) in [6.45, 7) is 5.89. The third-order valence-corrected chi connectivity index (χ3v) is 4.12. The Balaban J connectivity index is 2.03. The molecule has 5 heteroatoms. The van der Waals surface area contributed by atoms with Crippen LogP contribution in [-0.4, -0.2) is 35.5 Å². The van der Waals surface area contributed by atoms with E-state index in [1.807, 2.05) is 12.1 Å². The van der Waals surface area contributed by atoms with E-state index in [2.05, 4.69) is 17.1 Å². The van der Waals surface area contributed by atoms with Crippen molar-refractivity contribution < 1.29 is 4.92 Å². The van der Waals surface area contributed by atoms with Gasteiger partial charge in [0.05, 0.1) is 4.92 Å². The highest BCUT2D eigenvalue weighted by Crippen LogP contribution is 2.24. The number of benzene rings is 1. The number of nitrogens with zero attached hydrogens (tertiary/aromatic N) is 2. The standard InChI is InChI=1S/C16H25N3O2/c1-2-10-17-12-15-8-5-6-11-18(15)13-14-7-3-4-9-16(14)19(20)21/h3-4,7,9,15,17H,2,5-6,8,10-13H2,1H3. The van der Waals surface area contributed by atoms with Gasteiger partial charge in [-0.2, -0.15) is 0 Å². The molecule has 1 atom stereocenters. The average Bonchev–Trinajstić information content (AvgIpc) is 2.49. The van der Waals surface area contributed by atoms with E-state index in [4.69, 9.17) is 0 Å². The van der Waals surface area contributed by atoms with Crippen LogP contribution in [0.15, 0.2) is 24.3 Å². The van der Waals surface area contributed by atoms with Crippen LogP contribution in [0.4, 0.5) is 5.69 Å². The maximum atomic E-state index is 11.1. The molecule has 1 N–H and O–H groups in total. The first-order chi connectivity index (χ1) is 10.2. The lowest BCUT2D eigenvalue weighted by Gasteiger charge is -2.35. The highest BCUT2D eigenvalue weighted by molar-refractivity contribution is 5.39. The Labute approximate surface area is 126 Å². The van der Waals surface area contributed by atoms with Gasteiger partial charge in [-0.3, -0.25) is 15.0 Å². The van der Waals surface area contributed by atoms with Crippen molar-refractivity contribution in [3.05, 3.63) is 39.9 Å². The topological polar surface area (TPSA) is 58.4 Å². The number of likely N-dealkylation sites (tertiary alicyclic amines) is 1. The van der Waals surface area contributed by atoms with Crippen molar-refractivity contribution in [2.75, 3.05) is 19.6 Å². The third kappa shape index (κ3) is 4.51. The molecule has 0 spiro atoms. The van der Waals surface area contributed by atoms with E-state index >= 15 is 0 Å². The fraction of sp³-hybridized carbons (Fsp3) is 0.625. The van der Waals surface area contributed by atoms with E-state index in [0.29, 0.717) is 12.6 Å². The molecule has 1 heterocycles.